The first-order chi connectivity index (χ1) is 9.88. The lowest BCUT2D eigenvalue weighted by molar-refractivity contribution is -0.130. The first kappa shape index (κ1) is 15.8. The summed E-state index contributed by atoms with van der Waals surface area (Å²) < 4.78 is 0.791. The molecule has 2 N–H and O–H groups in total. The molecule has 0 atom stereocenters. The van der Waals surface area contributed by atoms with E-state index in [1.54, 1.807) is 23.5 Å². The molecule has 5 heteroatoms. The fraction of sp³-hybridized carbons (Fsp3) is 0.188. The van der Waals surface area contributed by atoms with E-state index >= 15 is 0 Å². The van der Waals surface area contributed by atoms with Crippen molar-refractivity contribution >= 4 is 38.9 Å². The molecule has 108 valence electrons. The second kappa shape index (κ2) is 6.44. The number of benzene rings is 1. The van der Waals surface area contributed by atoms with E-state index in [4.69, 9.17) is 0 Å². The number of rotatable bonds is 2. The number of aliphatic hydroxyl groups is 1. The number of carbonyl (C=O) groups excluding carboxylic acids is 1. The minimum absolute atomic E-state index is 0.473. The molecule has 0 aliphatic carbocycles. The van der Waals surface area contributed by atoms with E-state index in [-0.39, 0.29) is 0 Å². The lowest BCUT2D eigenvalue weighted by Crippen LogP contribution is -2.36. The molecule has 3 nitrogen and oxygen atoms in total. The number of anilines is 1. The summed E-state index contributed by atoms with van der Waals surface area (Å²) in [4.78, 5) is 11.9. The third-order valence-electron chi connectivity index (χ3n) is 2.67. The summed E-state index contributed by atoms with van der Waals surface area (Å²) in [6.45, 7) is 2.88. The van der Waals surface area contributed by atoms with Crippen LogP contribution in [0.15, 0.2) is 39.5 Å². The van der Waals surface area contributed by atoms with Gasteiger partial charge in [-0.25, -0.2) is 0 Å². The summed E-state index contributed by atoms with van der Waals surface area (Å²) in [5, 5.41) is 16.3. The van der Waals surface area contributed by atoms with Gasteiger partial charge in [-0.3, -0.25) is 4.79 Å². The van der Waals surface area contributed by atoms with E-state index in [1.807, 2.05) is 22.9 Å². The quantitative estimate of drug-likeness (QED) is 0.800. The summed E-state index contributed by atoms with van der Waals surface area (Å²) >= 11 is 5.02. The zero-order valence-electron chi connectivity index (χ0n) is 11.6. The predicted molar refractivity (Wildman–Crippen MR) is 89.4 cm³/mol. The van der Waals surface area contributed by atoms with Crippen LogP contribution in [0.25, 0.3) is 0 Å². The van der Waals surface area contributed by atoms with E-state index in [0.29, 0.717) is 11.3 Å². The molecule has 0 aliphatic heterocycles. The van der Waals surface area contributed by atoms with Gasteiger partial charge < -0.3 is 10.4 Å². The molecule has 0 aliphatic rings. The van der Waals surface area contributed by atoms with Crippen LogP contribution in [-0.4, -0.2) is 16.6 Å². The van der Waals surface area contributed by atoms with Crippen molar-refractivity contribution in [3.05, 3.63) is 50.6 Å². The van der Waals surface area contributed by atoms with Crippen LogP contribution >= 0.6 is 27.3 Å². The lowest BCUT2D eigenvalue weighted by Gasteiger charge is -2.17. The molecular weight excluding hydrogens is 350 g/mol. The Kier molecular flexibility index (Phi) is 4.84. The van der Waals surface area contributed by atoms with Crippen molar-refractivity contribution in [3.8, 4) is 11.8 Å². The molecule has 0 saturated heterocycles. The van der Waals surface area contributed by atoms with Crippen molar-refractivity contribution in [2.45, 2.75) is 19.4 Å². The van der Waals surface area contributed by atoms with Crippen molar-refractivity contribution in [1.29, 1.82) is 0 Å². The Morgan fingerprint density at radius 2 is 2.10 bits per heavy atom. The van der Waals surface area contributed by atoms with E-state index in [2.05, 4.69) is 33.1 Å². The van der Waals surface area contributed by atoms with Crippen LogP contribution < -0.4 is 5.32 Å². The minimum Gasteiger partial charge on any atom is -0.381 e. The van der Waals surface area contributed by atoms with Crippen LogP contribution in [0.3, 0.4) is 0 Å². The maximum atomic E-state index is 11.9. The van der Waals surface area contributed by atoms with Crippen LogP contribution in [0.2, 0.25) is 0 Å². The maximum absolute atomic E-state index is 11.9. The third-order valence-corrected chi connectivity index (χ3v) is 4.01. The molecule has 0 spiro atoms. The molecular formula is C16H14BrNO2S. The number of halogens is 1. The molecule has 2 aromatic rings. The van der Waals surface area contributed by atoms with Crippen molar-refractivity contribution in [2.24, 2.45) is 0 Å². The van der Waals surface area contributed by atoms with Crippen LogP contribution in [0, 0.1) is 11.8 Å². The van der Waals surface area contributed by atoms with E-state index in [1.165, 1.54) is 13.8 Å². The standard InChI is InChI=1S/C16H14BrNO2S/c1-16(2,20)15(19)18-14-5-3-4-13(17)12(14)7-6-11-8-9-21-10-11/h3-5,8-10,20H,1-2H3,(H,18,19). The zero-order valence-corrected chi connectivity index (χ0v) is 14.0. The summed E-state index contributed by atoms with van der Waals surface area (Å²) in [6, 6.07) is 7.35. The van der Waals surface area contributed by atoms with Gasteiger partial charge in [-0.15, -0.1) is 0 Å². The summed E-state index contributed by atoms with van der Waals surface area (Å²) in [5.74, 6) is 5.63. The third kappa shape index (κ3) is 4.18. The van der Waals surface area contributed by atoms with Gasteiger partial charge in [-0.05, 0) is 53.4 Å². The summed E-state index contributed by atoms with van der Waals surface area (Å²) in [5.41, 5.74) is 0.733. The van der Waals surface area contributed by atoms with E-state index in [9.17, 15) is 9.90 Å². The van der Waals surface area contributed by atoms with Crippen molar-refractivity contribution in [1.82, 2.24) is 0 Å². The zero-order chi connectivity index (χ0) is 15.5. The van der Waals surface area contributed by atoms with Gasteiger partial charge in [-0.2, -0.15) is 11.3 Å². The molecule has 1 aromatic carbocycles. The Morgan fingerprint density at radius 3 is 2.71 bits per heavy atom. The number of carbonyl (C=O) groups is 1. The monoisotopic (exact) mass is 363 g/mol. The Labute approximate surface area is 136 Å². The fourth-order valence-corrected chi connectivity index (χ4v) is 2.55. The fourth-order valence-electron chi connectivity index (χ4n) is 1.50. The maximum Gasteiger partial charge on any atom is 0.255 e. The highest BCUT2D eigenvalue weighted by Crippen LogP contribution is 2.25. The topological polar surface area (TPSA) is 49.3 Å². The highest BCUT2D eigenvalue weighted by molar-refractivity contribution is 9.10. The first-order valence-corrected chi connectivity index (χ1v) is 7.98. The molecule has 2 rings (SSSR count). The molecule has 0 saturated carbocycles. The molecule has 21 heavy (non-hydrogen) atoms. The van der Waals surface area contributed by atoms with Crippen molar-refractivity contribution < 1.29 is 9.90 Å². The van der Waals surface area contributed by atoms with Gasteiger partial charge in [0.1, 0.15) is 5.60 Å². The van der Waals surface area contributed by atoms with Crippen LogP contribution in [-0.2, 0) is 4.79 Å². The number of hydrogen-bond acceptors (Lipinski definition) is 3. The molecule has 1 heterocycles. The largest absolute Gasteiger partial charge is 0.381 e. The highest BCUT2D eigenvalue weighted by atomic mass is 79.9. The Balaban J connectivity index is 2.35. The van der Waals surface area contributed by atoms with Crippen LogP contribution in [0.5, 0.6) is 0 Å². The molecule has 0 bridgehead atoms. The van der Waals surface area contributed by atoms with E-state index < -0.39 is 11.5 Å². The Hall–Kier alpha value is -1.61. The van der Waals surface area contributed by atoms with Crippen LogP contribution in [0.1, 0.15) is 25.0 Å². The average molecular weight is 364 g/mol. The van der Waals surface area contributed by atoms with Crippen LogP contribution in [0.4, 0.5) is 5.69 Å². The van der Waals surface area contributed by atoms with Gasteiger partial charge in [0.25, 0.3) is 5.91 Å². The second-order valence-electron chi connectivity index (χ2n) is 4.94. The molecule has 1 aromatic heterocycles. The second-order valence-corrected chi connectivity index (χ2v) is 6.57. The molecule has 0 unspecified atom stereocenters. The Morgan fingerprint density at radius 1 is 1.33 bits per heavy atom. The van der Waals surface area contributed by atoms with Crippen molar-refractivity contribution in [2.75, 3.05) is 5.32 Å². The molecule has 1 amide bonds. The van der Waals surface area contributed by atoms with Gasteiger partial charge in [0.2, 0.25) is 0 Å². The van der Waals surface area contributed by atoms with Gasteiger partial charge in [-0.1, -0.05) is 17.9 Å². The molecule has 0 radical (unpaired) electrons. The summed E-state index contributed by atoms with van der Waals surface area (Å²) in [7, 11) is 0. The average Bonchev–Trinajstić information content (AvgIpc) is 2.90. The smallest absolute Gasteiger partial charge is 0.255 e. The molecule has 0 fully saturated rings. The van der Waals surface area contributed by atoms with Gasteiger partial charge in [0.15, 0.2) is 0 Å². The lowest BCUT2D eigenvalue weighted by atomic mass is 10.1. The number of amides is 1. The van der Waals surface area contributed by atoms with Gasteiger partial charge in [0.05, 0.1) is 11.3 Å². The van der Waals surface area contributed by atoms with Gasteiger partial charge >= 0.3 is 0 Å². The summed E-state index contributed by atoms with van der Waals surface area (Å²) in [6.07, 6.45) is 0. The normalized spacial score (nSPS) is 10.7. The predicted octanol–water partition coefficient (Wildman–Crippen LogP) is 3.62. The first-order valence-electron chi connectivity index (χ1n) is 6.24. The van der Waals surface area contributed by atoms with E-state index in [0.717, 1.165) is 10.0 Å². The number of hydrogen-bond donors (Lipinski definition) is 2. The van der Waals surface area contributed by atoms with Crippen molar-refractivity contribution in [3.63, 3.8) is 0 Å². The van der Waals surface area contributed by atoms with Gasteiger partial charge in [0, 0.05) is 15.4 Å². The Bertz CT molecular complexity index is 706. The SMILES string of the molecule is CC(C)(O)C(=O)Nc1cccc(Br)c1C#Cc1ccsc1. The number of thiophene rings is 1. The number of nitrogens with one attached hydrogen (secondary N) is 1. The highest BCUT2D eigenvalue weighted by Gasteiger charge is 2.24. The minimum atomic E-state index is -1.44.